The third-order valence-electron chi connectivity index (χ3n) is 7.05. The van der Waals surface area contributed by atoms with Gasteiger partial charge in [-0.15, -0.1) is 0 Å². The van der Waals surface area contributed by atoms with Gasteiger partial charge in [0.2, 0.25) is 11.5 Å². The van der Waals surface area contributed by atoms with Gasteiger partial charge in [-0.25, -0.2) is 0 Å². The van der Waals surface area contributed by atoms with Crippen LogP contribution in [0.15, 0.2) is 57.7 Å². The summed E-state index contributed by atoms with van der Waals surface area (Å²) < 4.78 is 28.0. The van der Waals surface area contributed by atoms with Gasteiger partial charge in [0.1, 0.15) is 11.3 Å². The minimum absolute atomic E-state index is 0.0164. The van der Waals surface area contributed by atoms with E-state index >= 15 is 0 Å². The number of ether oxygens (including phenoxy) is 4. The molecule has 0 aliphatic carbocycles. The molecular weight excluding hydrogens is 522 g/mol. The van der Waals surface area contributed by atoms with E-state index in [1.807, 2.05) is 31.2 Å². The van der Waals surface area contributed by atoms with Gasteiger partial charge >= 0.3 is 0 Å². The predicted molar refractivity (Wildman–Crippen MR) is 148 cm³/mol. The first-order valence-electron chi connectivity index (χ1n) is 12.3. The van der Waals surface area contributed by atoms with Crippen molar-refractivity contribution >= 4 is 28.5 Å². The standard InChI is InChI=1S/C30H28ClNO7/c1-16-12-22-20(15-21(16)31)27(33)25-26(18-13-23(36-3)28(38-5)24(14-18)37-4)32(30(34)29(25)39-22)11-10-17-6-8-19(35-2)9-7-17/h6-9,12-15,26H,10-11H2,1-5H3. The second-order valence-electron chi connectivity index (χ2n) is 9.23. The van der Waals surface area contributed by atoms with Crippen molar-refractivity contribution in [1.82, 2.24) is 4.90 Å². The van der Waals surface area contributed by atoms with Gasteiger partial charge < -0.3 is 28.3 Å². The number of amides is 1. The fraction of sp³-hybridized carbons (Fsp3) is 0.267. The van der Waals surface area contributed by atoms with Crippen LogP contribution in [0.1, 0.15) is 38.9 Å². The Balaban J connectivity index is 1.68. The van der Waals surface area contributed by atoms with Crippen molar-refractivity contribution in [2.24, 2.45) is 0 Å². The van der Waals surface area contributed by atoms with Crippen molar-refractivity contribution in [2.45, 2.75) is 19.4 Å². The van der Waals surface area contributed by atoms with Crippen LogP contribution in [0.3, 0.4) is 0 Å². The summed E-state index contributed by atoms with van der Waals surface area (Å²) in [6, 6.07) is 13.7. The Morgan fingerprint density at radius 1 is 0.897 bits per heavy atom. The van der Waals surface area contributed by atoms with E-state index in [0.29, 0.717) is 51.8 Å². The molecule has 0 radical (unpaired) electrons. The van der Waals surface area contributed by atoms with Gasteiger partial charge in [0, 0.05) is 11.6 Å². The summed E-state index contributed by atoms with van der Waals surface area (Å²) in [6.45, 7) is 2.14. The minimum atomic E-state index is -0.750. The summed E-state index contributed by atoms with van der Waals surface area (Å²) in [5.41, 5.74) is 2.62. The lowest BCUT2D eigenvalue weighted by Crippen LogP contribution is -2.31. The topological polar surface area (TPSA) is 87.4 Å². The molecule has 202 valence electrons. The van der Waals surface area contributed by atoms with Gasteiger partial charge in [-0.05, 0) is 66.4 Å². The van der Waals surface area contributed by atoms with E-state index in [0.717, 1.165) is 16.9 Å². The second kappa shape index (κ2) is 10.5. The van der Waals surface area contributed by atoms with E-state index < -0.39 is 6.04 Å². The number of carbonyl (C=O) groups is 1. The Labute approximate surface area is 230 Å². The summed E-state index contributed by atoms with van der Waals surface area (Å²) >= 11 is 6.36. The van der Waals surface area contributed by atoms with Gasteiger partial charge in [0.05, 0.1) is 45.4 Å². The molecule has 1 unspecified atom stereocenters. The van der Waals surface area contributed by atoms with Crippen molar-refractivity contribution in [3.63, 3.8) is 0 Å². The lowest BCUT2D eigenvalue weighted by Gasteiger charge is -2.26. The number of hydrogen-bond acceptors (Lipinski definition) is 7. The SMILES string of the molecule is COc1ccc(CCN2C(=O)c3oc4cc(C)c(Cl)cc4c(=O)c3C2c2cc(OC)c(OC)c(OC)c2)cc1. The molecule has 0 spiro atoms. The summed E-state index contributed by atoms with van der Waals surface area (Å²) in [4.78, 5) is 29.4. The largest absolute Gasteiger partial charge is 0.497 e. The number of benzene rings is 3. The maximum atomic E-state index is 13.9. The fourth-order valence-corrected chi connectivity index (χ4v) is 5.18. The van der Waals surface area contributed by atoms with E-state index in [1.165, 1.54) is 21.3 Å². The molecule has 0 N–H and O–H groups in total. The zero-order valence-corrected chi connectivity index (χ0v) is 23.0. The molecule has 3 aromatic carbocycles. The molecule has 0 bridgehead atoms. The lowest BCUT2D eigenvalue weighted by atomic mass is 9.97. The van der Waals surface area contributed by atoms with Crippen molar-refractivity contribution in [2.75, 3.05) is 35.0 Å². The average molecular weight is 550 g/mol. The molecule has 1 amide bonds. The molecule has 8 nitrogen and oxygen atoms in total. The van der Waals surface area contributed by atoms with Crippen LogP contribution in [-0.2, 0) is 6.42 Å². The van der Waals surface area contributed by atoms with Crippen molar-refractivity contribution in [3.05, 3.63) is 91.8 Å². The molecule has 1 atom stereocenters. The van der Waals surface area contributed by atoms with E-state index in [9.17, 15) is 9.59 Å². The number of methoxy groups -OCH3 is 4. The molecular formula is C30H28ClNO7. The molecule has 0 saturated heterocycles. The maximum absolute atomic E-state index is 13.9. The second-order valence-corrected chi connectivity index (χ2v) is 9.64. The Kier molecular flexibility index (Phi) is 7.14. The summed E-state index contributed by atoms with van der Waals surface area (Å²) in [7, 11) is 6.16. The van der Waals surface area contributed by atoms with Gasteiger partial charge in [0.15, 0.2) is 16.9 Å². The van der Waals surface area contributed by atoms with Crippen LogP contribution in [0.2, 0.25) is 5.02 Å². The normalized spacial score (nSPS) is 14.5. The highest BCUT2D eigenvalue weighted by Crippen LogP contribution is 2.45. The van der Waals surface area contributed by atoms with E-state index in [4.69, 9.17) is 35.0 Å². The summed E-state index contributed by atoms with van der Waals surface area (Å²) in [6.07, 6.45) is 0.545. The molecule has 5 rings (SSSR count). The van der Waals surface area contributed by atoms with Crippen molar-refractivity contribution in [1.29, 1.82) is 0 Å². The van der Waals surface area contributed by atoms with Crippen LogP contribution < -0.4 is 24.4 Å². The predicted octanol–water partition coefficient (Wildman–Crippen LogP) is 5.58. The van der Waals surface area contributed by atoms with Gasteiger partial charge in [-0.3, -0.25) is 9.59 Å². The van der Waals surface area contributed by atoms with Gasteiger partial charge in [-0.2, -0.15) is 0 Å². The first kappa shape index (κ1) is 26.4. The molecule has 1 aliphatic heterocycles. The molecule has 2 heterocycles. The van der Waals surface area contributed by atoms with Gasteiger partial charge in [-0.1, -0.05) is 23.7 Å². The zero-order valence-electron chi connectivity index (χ0n) is 22.3. The highest BCUT2D eigenvalue weighted by atomic mass is 35.5. The smallest absolute Gasteiger partial charge is 0.290 e. The average Bonchev–Trinajstić information content (AvgIpc) is 3.23. The molecule has 9 heteroatoms. The molecule has 0 fully saturated rings. The number of hydrogen-bond donors (Lipinski definition) is 0. The number of aryl methyl sites for hydroxylation is 1. The Morgan fingerprint density at radius 3 is 2.15 bits per heavy atom. The van der Waals surface area contributed by atoms with Crippen molar-refractivity contribution in [3.8, 4) is 23.0 Å². The number of halogens is 1. The van der Waals surface area contributed by atoms with Gasteiger partial charge in [0.25, 0.3) is 5.91 Å². The van der Waals surface area contributed by atoms with Crippen molar-refractivity contribution < 1.29 is 28.2 Å². The maximum Gasteiger partial charge on any atom is 0.290 e. The summed E-state index contributed by atoms with van der Waals surface area (Å²) in [5, 5.41) is 0.756. The molecule has 1 aromatic heterocycles. The zero-order chi connectivity index (χ0) is 27.8. The monoisotopic (exact) mass is 549 g/mol. The molecule has 0 saturated carbocycles. The molecule has 1 aliphatic rings. The Hall–Kier alpha value is -4.17. The van der Waals surface area contributed by atoms with Crippen LogP contribution in [-0.4, -0.2) is 45.8 Å². The number of carbonyl (C=O) groups excluding carboxylic acids is 1. The van der Waals surface area contributed by atoms with E-state index in [2.05, 4.69) is 0 Å². The van der Waals surface area contributed by atoms with E-state index in [-0.39, 0.29) is 22.7 Å². The van der Waals surface area contributed by atoms with Crippen LogP contribution in [0.25, 0.3) is 11.0 Å². The highest BCUT2D eigenvalue weighted by Gasteiger charge is 2.43. The van der Waals surface area contributed by atoms with E-state index in [1.54, 1.807) is 36.3 Å². The van der Waals surface area contributed by atoms with Crippen LogP contribution in [0.4, 0.5) is 0 Å². The quantitative estimate of drug-likeness (QED) is 0.283. The fourth-order valence-electron chi connectivity index (χ4n) is 5.02. The Morgan fingerprint density at radius 2 is 1.56 bits per heavy atom. The molecule has 4 aromatic rings. The first-order chi connectivity index (χ1) is 18.8. The third-order valence-corrected chi connectivity index (χ3v) is 7.46. The lowest BCUT2D eigenvalue weighted by molar-refractivity contribution is 0.0729. The first-order valence-corrected chi connectivity index (χ1v) is 12.7. The number of nitrogens with zero attached hydrogens (tertiary/aromatic N) is 1. The summed E-state index contributed by atoms with van der Waals surface area (Å²) in [5.74, 6) is 1.62. The van der Waals surface area contributed by atoms with Crippen LogP contribution in [0, 0.1) is 6.92 Å². The highest BCUT2D eigenvalue weighted by molar-refractivity contribution is 6.32. The molecule has 39 heavy (non-hydrogen) atoms. The minimum Gasteiger partial charge on any atom is -0.497 e. The number of rotatable bonds is 8. The third kappa shape index (κ3) is 4.55. The Bertz CT molecular complexity index is 1600. The van der Waals surface area contributed by atoms with Crippen LogP contribution >= 0.6 is 11.6 Å². The number of fused-ring (bicyclic) bond motifs is 2. The van der Waals surface area contributed by atoms with Crippen LogP contribution in [0.5, 0.6) is 23.0 Å².